The van der Waals surface area contributed by atoms with E-state index in [2.05, 4.69) is 26.0 Å². The Bertz CT molecular complexity index is 733. The minimum Gasteiger partial charge on any atom is -0.494 e. The Balaban J connectivity index is 2.17. The highest BCUT2D eigenvalue weighted by Gasteiger charge is 2.43. The van der Waals surface area contributed by atoms with E-state index in [1.165, 1.54) is 19.3 Å². The van der Waals surface area contributed by atoms with Gasteiger partial charge in [-0.3, -0.25) is 0 Å². The molecule has 0 N–H and O–H groups in total. The zero-order chi connectivity index (χ0) is 19.5. The fourth-order valence-corrected chi connectivity index (χ4v) is 3.63. The molecular weight excluding hydrogens is 332 g/mol. The monoisotopic (exact) mass is 362 g/mol. The molecule has 27 heavy (non-hydrogen) atoms. The van der Waals surface area contributed by atoms with Crippen LogP contribution >= 0.6 is 0 Å². The number of allylic oxidation sites excluding steroid dienone is 4. The molecule has 2 unspecified atom stereocenters. The topological polar surface area (TPSA) is 56.8 Å². The summed E-state index contributed by atoms with van der Waals surface area (Å²) in [7, 11) is 0. The number of nitrogens with zero attached hydrogens (tertiary/aromatic N) is 2. The summed E-state index contributed by atoms with van der Waals surface area (Å²) < 4.78 is 5.83. The van der Waals surface area contributed by atoms with Gasteiger partial charge in [0, 0.05) is 0 Å². The van der Waals surface area contributed by atoms with E-state index in [0.29, 0.717) is 6.42 Å². The van der Waals surface area contributed by atoms with Gasteiger partial charge in [-0.05, 0) is 36.1 Å². The number of nitriles is 2. The highest BCUT2D eigenvalue weighted by atomic mass is 16.5. The number of hydrogen-bond acceptors (Lipinski definition) is 3. The maximum absolute atomic E-state index is 10.0. The van der Waals surface area contributed by atoms with Crippen LogP contribution in [0.5, 0.6) is 5.75 Å². The Morgan fingerprint density at radius 2 is 1.74 bits per heavy atom. The van der Waals surface area contributed by atoms with Crippen LogP contribution in [-0.2, 0) is 0 Å². The summed E-state index contributed by atoms with van der Waals surface area (Å²) in [5.74, 6) is 0.443. The van der Waals surface area contributed by atoms with Crippen LogP contribution in [0.2, 0.25) is 0 Å². The van der Waals surface area contributed by atoms with Crippen LogP contribution in [0, 0.1) is 34.0 Å². The zero-order valence-corrected chi connectivity index (χ0v) is 16.6. The molecule has 1 aromatic carbocycles. The van der Waals surface area contributed by atoms with Gasteiger partial charge in [-0.15, -0.1) is 0 Å². The first-order valence-corrected chi connectivity index (χ1v) is 10.1. The van der Waals surface area contributed by atoms with Crippen molar-refractivity contribution >= 4 is 5.57 Å². The van der Waals surface area contributed by atoms with Crippen molar-refractivity contribution in [2.45, 2.75) is 58.8 Å². The van der Waals surface area contributed by atoms with Crippen molar-refractivity contribution in [2.75, 3.05) is 6.61 Å². The van der Waals surface area contributed by atoms with Crippen LogP contribution in [0.15, 0.2) is 42.5 Å². The van der Waals surface area contributed by atoms with Crippen molar-refractivity contribution in [3.8, 4) is 17.9 Å². The fraction of sp³-hybridized carbons (Fsp3) is 0.500. The van der Waals surface area contributed by atoms with Crippen LogP contribution < -0.4 is 4.74 Å². The Kier molecular flexibility index (Phi) is 8.15. The molecule has 2 atom stereocenters. The van der Waals surface area contributed by atoms with Gasteiger partial charge in [-0.2, -0.15) is 10.5 Å². The predicted octanol–water partition coefficient (Wildman–Crippen LogP) is 6.44. The lowest BCUT2D eigenvalue weighted by atomic mass is 9.64. The Hall–Kier alpha value is -2.52. The number of ether oxygens (including phenoxy) is 1. The molecule has 0 aromatic heterocycles. The second-order valence-electron chi connectivity index (χ2n) is 7.19. The van der Waals surface area contributed by atoms with Gasteiger partial charge in [0.1, 0.15) is 11.2 Å². The van der Waals surface area contributed by atoms with Crippen molar-refractivity contribution in [1.82, 2.24) is 0 Å². The third-order valence-electron chi connectivity index (χ3n) is 5.27. The summed E-state index contributed by atoms with van der Waals surface area (Å²) in [6.07, 6.45) is 13.1. The Morgan fingerprint density at radius 1 is 1.00 bits per heavy atom. The van der Waals surface area contributed by atoms with Crippen LogP contribution in [-0.4, -0.2) is 6.61 Å². The molecule has 0 radical (unpaired) electrons. The maximum Gasteiger partial charge on any atom is 0.119 e. The summed E-state index contributed by atoms with van der Waals surface area (Å²) >= 11 is 0. The largest absolute Gasteiger partial charge is 0.494 e. The van der Waals surface area contributed by atoms with E-state index in [-0.39, 0.29) is 0 Å². The van der Waals surface area contributed by atoms with Crippen LogP contribution in [0.4, 0.5) is 0 Å². The van der Waals surface area contributed by atoms with Gasteiger partial charge in [0.05, 0.1) is 24.7 Å². The van der Waals surface area contributed by atoms with E-state index in [4.69, 9.17) is 4.74 Å². The van der Waals surface area contributed by atoms with E-state index in [0.717, 1.165) is 42.8 Å². The molecular formula is C24H30N2O. The van der Waals surface area contributed by atoms with Gasteiger partial charge in [0.2, 0.25) is 0 Å². The van der Waals surface area contributed by atoms with Gasteiger partial charge in [-0.25, -0.2) is 0 Å². The normalized spacial score (nSPS) is 21.2. The lowest BCUT2D eigenvalue weighted by molar-refractivity contribution is 0.305. The SMILES string of the molecule is CCCCCCOc1ccc(C2=CC=CC(C#N)C2(C#N)CCCC)cc1. The van der Waals surface area contributed by atoms with Crippen molar-refractivity contribution in [2.24, 2.45) is 11.3 Å². The lowest BCUT2D eigenvalue weighted by Gasteiger charge is -2.34. The van der Waals surface area contributed by atoms with Crippen LogP contribution in [0.25, 0.3) is 5.57 Å². The summed E-state index contributed by atoms with van der Waals surface area (Å²) in [4.78, 5) is 0. The average molecular weight is 363 g/mol. The van der Waals surface area contributed by atoms with Gasteiger partial charge in [0.25, 0.3) is 0 Å². The Morgan fingerprint density at radius 3 is 2.37 bits per heavy atom. The van der Waals surface area contributed by atoms with E-state index >= 15 is 0 Å². The third-order valence-corrected chi connectivity index (χ3v) is 5.27. The summed E-state index contributed by atoms with van der Waals surface area (Å²) in [5, 5.41) is 19.7. The molecule has 1 aliphatic carbocycles. The summed E-state index contributed by atoms with van der Waals surface area (Å²) in [6.45, 7) is 5.05. The van der Waals surface area contributed by atoms with Crippen LogP contribution in [0.3, 0.4) is 0 Å². The average Bonchev–Trinajstić information content (AvgIpc) is 2.72. The predicted molar refractivity (Wildman–Crippen MR) is 110 cm³/mol. The minimum atomic E-state index is -0.776. The molecule has 0 saturated heterocycles. The smallest absolute Gasteiger partial charge is 0.119 e. The molecule has 0 saturated carbocycles. The molecule has 0 bridgehead atoms. The third kappa shape index (κ3) is 5.01. The first-order valence-electron chi connectivity index (χ1n) is 10.1. The van der Waals surface area contributed by atoms with E-state index in [1.807, 2.05) is 42.5 Å². The molecule has 0 fully saturated rings. The molecule has 0 amide bonds. The molecule has 142 valence electrons. The molecule has 3 heteroatoms. The number of rotatable bonds is 10. The molecule has 0 heterocycles. The molecule has 1 aliphatic rings. The van der Waals surface area contributed by atoms with E-state index in [9.17, 15) is 10.5 Å². The summed E-state index contributed by atoms with van der Waals surface area (Å²) in [5.41, 5.74) is 1.17. The second kappa shape index (κ2) is 10.6. The minimum absolute atomic E-state index is 0.413. The standard InChI is InChI=1S/C24H30N2O/c1-3-5-7-8-17-27-22-14-12-20(13-15-22)23-11-9-10-21(18-25)24(23,19-26)16-6-4-2/h9-15,21H,3-8,16-17H2,1-2H3. The number of benzene rings is 1. The number of unbranched alkanes of at least 4 members (excludes halogenated alkanes) is 4. The molecule has 1 aromatic rings. The quantitative estimate of drug-likeness (QED) is 0.450. The van der Waals surface area contributed by atoms with Gasteiger partial charge < -0.3 is 4.74 Å². The second-order valence-corrected chi connectivity index (χ2v) is 7.19. The van der Waals surface area contributed by atoms with E-state index in [1.54, 1.807) is 0 Å². The highest BCUT2D eigenvalue weighted by molar-refractivity contribution is 5.77. The molecule has 0 spiro atoms. The van der Waals surface area contributed by atoms with E-state index < -0.39 is 11.3 Å². The Labute approximate surface area is 164 Å². The summed E-state index contributed by atoms with van der Waals surface area (Å²) in [6, 6.07) is 12.8. The first-order chi connectivity index (χ1) is 13.2. The van der Waals surface area contributed by atoms with Crippen molar-refractivity contribution < 1.29 is 4.74 Å². The van der Waals surface area contributed by atoms with Crippen LogP contribution in [0.1, 0.15) is 64.4 Å². The van der Waals surface area contributed by atoms with Gasteiger partial charge >= 0.3 is 0 Å². The van der Waals surface area contributed by atoms with Gasteiger partial charge in [0.15, 0.2) is 0 Å². The van der Waals surface area contributed by atoms with Crippen molar-refractivity contribution in [3.05, 3.63) is 48.1 Å². The van der Waals surface area contributed by atoms with Gasteiger partial charge in [-0.1, -0.05) is 76.3 Å². The number of hydrogen-bond donors (Lipinski definition) is 0. The molecule has 3 nitrogen and oxygen atoms in total. The molecule has 0 aliphatic heterocycles. The fourth-order valence-electron chi connectivity index (χ4n) is 3.63. The maximum atomic E-state index is 10.0. The van der Waals surface area contributed by atoms with Crippen molar-refractivity contribution in [1.29, 1.82) is 10.5 Å². The molecule has 2 rings (SSSR count). The zero-order valence-electron chi connectivity index (χ0n) is 16.6. The van der Waals surface area contributed by atoms with Crippen molar-refractivity contribution in [3.63, 3.8) is 0 Å². The lowest BCUT2D eigenvalue weighted by Crippen LogP contribution is -2.30. The first kappa shape index (κ1) is 20.8. The highest BCUT2D eigenvalue weighted by Crippen LogP contribution is 2.48.